The van der Waals surface area contributed by atoms with Gasteiger partial charge in [-0.25, -0.2) is 9.97 Å². The third-order valence-corrected chi connectivity index (χ3v) is 9.44. The third kappa shape index (κ3) is 3.87. The van der Waals surface area contributed by atoms with Crippen molar-refractivity contribution in [3.63, 3.8) is 0 Å². The highest BCUT2D eigenvalue weighted by Gasteiger charge is 2.22. The van der Waals surface area contributed by atoms with Crippen LogP contribution in [0.1, 0.15) is 0 Å². The van der Waals surface area contributed by atoms with E-state index in [2.05, 4.69) is 146 Å². The molecular formula is C44H26N2O. The molecule has 0 saturated heterocycles. The van der Waals surface area contributed by atoms with E-state index < -0.39 is 0 Å². The lowest BCUT2D eigenvalue weighted by atomic mass is 9.91. The van der Waals surface area contributed by atoms with Crippen LogP contribution < -0.4 is 0 Å². The van der Waals surface area contributed by atoms with Crippen molar-refractivity contribution in [1.29, 1.82) is 0 Å². The van der Waals surface area contributed by atoms with Crippen LogP contribution in [-0.4, -0.2) is 9.97 Å². The molecule has 2 aromatic heterocycles. The van der Waals surface area contributed by atoms with Crippen LogP contribution in [0.3, 0.4) is 0 Å². The van der Waals surface area contributed by atoms with E-state index in [0.717, 1.165) is 77.4 Å². The summed E-state index contributed by atoms with van der Waals surface area (Å²) in [6.07, 6.45) is 0. The Morgan fingerprint density at radius 1 is 0.383 bits per heavy atom. The predicted molar refractivity (Wildman–Crippen MR) is 196 cm³/mol. The Bertz CT molecular complexity index is 2850. The quantitative estimate of drug-likeness (QED) is 0.190. The Morgan fingerprint density at radius 2 is 0.915 bits per heavy atom. The Labute approximate surface area is 270 Å². The molecule has 0 aliphatic carbocycles. The molecule has 0 spiro atoms. The lowest BCUT2D eigenvalue weighted by molar-refractivity contribution is 0.670. The fraction of sp³-hybridized carbons (Fsp3) is 0. The number of rotatable bonds is 3. The molecule has 10 aromatic rings. The van der Waals surface area contributed by atoms with Crippen molar-refractivity contribution in [1.82, 2.24) is 9.97 Å². The second-order valence-corrected chi connectivity index (χ2v) is 12.1. The number of aromatic nitrogens is 2. The minimum atomic E-state index is 0.845. The van der Waals surface area contributed by atoms with Crippen LogP contribution >= 0.6 is 0 Å². The van der Waals surface area contributed by atoms with Crippen molar-refractivity contribution in [2.24, 2.45) is 0 Å². The molecule has 0 unspecified atom stereocenters. The fourth-order valence-electron chi connectivity index (χ4n) is 7.34. The molecule has 0 radical (unpaired) electrons. The number of furan rings is 1. The number of hydrogen-bond acceptors (Lipinski definition) is 3. The van der Waals surface area contributed by atoms with Gasteiger partial charge in [0.1, 0.15) is 11.2 Å². The lowest BCUT2D eigenvalue weighted by Gasteiger charge is -2.17. The highest BCUT2D eigenvalue weighted by molar-refractivity contribution is 6.25. The molecule has 0 atom stereocenters. The highest BCUT2D eigenvalue weighted by atomic mass is 16.3. The van der Waals surface area contributed by atoms with E-state index in [1.165, 1.54) is 21.5 Å². The summed E-state index contributed by atoms with van der Waals surface area (Å²) in [4.78, 5) is 11.1. The second-order valence-electron chi connectivity index (χ2n) is 12.1. The van der Waals surface area contributed by atoms with Crippen molar-refractivity contribution >= 4 is 65.3 Å². The molecular weight excluding hydrogens is 572 g/mol. The second kappa shape index (κ2) is 10.1. The van der Waals surface area contributed by atoms with E-state index >= 15 is 0 Å². The van der Waals surface area contributed by atoms with Gasteiger partial charge in [-0.1, -0.05) is 146 Å². The van der Waals surface area contributed by atoms with Gasteiger partial charge in [0.2, 0.25) is 0 Å². The summed E-state index contributed by atoms with van der Waals surface area (Å²) < 4.78 is 6.69. The van der Waals surface area contributed by atoms with Crippen molar-refractivity contribution in [2.45, 2.75) is 0 Å². The average Bonchev–Trinajstić information content (AvgIpc) is 3.55. The summed E-state index contributed by atoms with van der Waals surface area (Å²) in [5.74, 6) is 0. The maximum atomic E-state index is 6.69. The molecule has 0 aliphatic heterocycles. The fourth-order valence-corrected chi connectivity index (χ4v) is 7.34. The van der Waals surface area contributed by atoms with Crippen molar-refractivity contribution in [3.05, 3.63) is 158 Å². The van der Waals surface area contributed by atoms with Gasteiger partial charge in [0.25, 0.3) is 0 Å². The van der Waals surface area contributed by atoms with Crippen LogP contribution in [0.4, 0.5) is 0 Å². The molecule has 0 fully saturated rings. The molecule has 3 heteroatoms. The number of hydrogen-bond donors (Lipinski definition) is 0. The van der Waals surface area contributed by atoms with Crippen molar-refractivity contribution in [2.75, 3.05) is 0 Å². The van der Waals surface area contributed by atoms with Crippen molar-refractivity contribution < 1.29 is 4.42 Å². The van der Waals surface area contributed by atoms with Crippen LogP contribution in [0.15, 0.2) is 162 Å². The Balaban J connectivity index is 1.35. The molecule has 47 heavy (non-hydrogen) atoms. The van der Waals surface area contributed by atoms with Gasteiger partial charge in [-0.15, -0.1) is 0 Å². The summed E-state index contributed by atoms with van der Waals surface area (Å²) in [7, 11) is 0. The summed E-state index contributed by atoms with van der Waals surface area (Å²) in [5, 5.41) is 9.15. The Kier molecular flexibility index (Phi) is 5.57. The first-order valence-electron chi connectivity index (χ1n) is 15.9. The van der Waals surface area contributed by atoms with E-state index in [9.17, 15) is 0 Å². The SMILES string of the molecule is c1ccc(-c2nc3c4ccccc4c4ccccc4c3nc2-c2ccccc2-c2cc3ccccc3c3c2oc2ccccc23)cc1. The number of para-hydroxylation sites is 1. The molecule has 8 aromatic carbocycles. The van der Waals surface area contributed by atoms with E-state index in [-0.39, 0.29) is 0 Å². The van der Waals surface area contributed by atoms with Gasteiger partial charge in [-0.2, -0.15) is 0 Å². The monoisotopic (exact) mass is 598 g/mol. The van der Waals surface area contributed by atoms with Crippen LogP contribution in [-0.2, 0) is 0 Å². The van der Waals surface area contributed by atoms with Gasteiger partial charge in [0, 0.05) is 38.2 Å². The summed E-state index contributed by atoms with van der Waals surface area (Å²) in [6.45, 7) is 0. The molecule has 218 valence electrons. The maximum absolute atomic E-state index is 6.69. The van der Waals surface area contributed by atoms with Crippen LogP contribution in [0.5, 0.6) is 0 Å². The van der Waals surface area contributed by atoms with Crippen molar-refractivity contribution in [3.8, 4) is 33.6 Å². The number of benzene rings is 8. The zero-order valence-corrected chi connectivity index (χ0v) is 25.3. The minimum Gasteiger partial charge on any atom is -0.455 e. The summed E-state index contributed by atoms with van der Waals surface area (Å²) >= 11 is 0. The first-order chi connectivity index (χ1) is 23.3. The maximum Gasteiger partial charge on any atom is 0.143 e. The normalized spacial score (nSPS) is 11.8. The highest BCUT2D eigenvalue weighted by Crippen LogP contribution is 2.45. The van der Waals surface area contributed by atoms with Gasteiger partial charge in [-0.05, 0) is 39.2 Å². The minimum absolute atomic E-state index is 0.845. The molecule has 3 nitrogen and oxygen atoms in total. The molecule has 0 aliphatic rings. The largest absolute Gasteiger partial charge is 0.455 e. The summed E-state index contributed by atoms with van der Waals surface area (Å²) in [6, 6.07) is 55.2. The van der Waals surface area contributed by atoms with Gasteiger partial charge in [0.05, 0.1) is 22.4 Å². The van der Waals surface area contributed by atoms with E-state index in [4.69, 9.17) is 14.4 Å². The lowest BCUT2D eigenvalue weighted by Crippen LogP contribution is -1.99. The van der Waals surface area contributed by atoms with Crippen LogP contribution in [0.25, 0.3) is 98.9 Å². The first kappa shape index (κ1) is 26.0. The number of fused-ring (bicyclic) bond motifs is 11. The molecule has 0 N–H and O–H groups in total. The van der Waals surface area contributed by atoms with E-state index in [1.807, 2.05) is 12.1 Å². The topological polar surface area (TPSA) is 38.9 Å². The van der Waals surface area contributed by atoms with Gasteiger partial charge >= 0.3 is 0 Å². The number of nitrogens with zero attached hydrogens (tertiary/aromatic N) is 2. The van der Waals surface area contributed by atoms with E-state index in [1.54, 1.807) is 0 Å². The molecule has 2 heterocycles. The molecule has 0 amide bonds. The zero-order valence-electron chi connectivity index (χ0n) is 25.3. The standard InChI is InChI=1S/C44H26N2O/c1-2-14-27(15-3-1)40-41(46-43-34-22-10-7-19-31(34)30-18-6-9-21-33(30)42(43)45-40)35-23-11-8-20-32(35)37-26-28-16-4-5-17-29(28)39-36-24-12-13-25-38(36)47-44(37)39/h1-26H. The van der Waals surface area contributed by atoms with Gasteiger partial charge in [0.15, 0.2) is 0 Å². The molecule has 10 rings (SSSR count). The van der Waals surface area contributed by atoms with Crippen LogP contribution in [0, 0.1) is 0 Å². The van der Waals surface area contributed by atoms with Crippen LogP contribution in [0.2, 0.25) is 0 Å². The summed E-state index contributed by atoms with van der Waals surface area (Å²) in [5.41, 5.74) is 9.39. The molecule has 0 saturated carbocycles. The molecule has 0 bridgehead atoms. The van der Waals surface area contributed by atoms with Gasteiger partial charge in [-0.3, -0.25) is 0 Å². The smallest absolute Gasteiger partial charge is 0.143 e. The van der Waals surface area contributed by atoms with E-state index in [0.29, 0.717) is 0 Å². The Morgan fingerprint density at radius 3 is 1.64 bits per heavy atom. The third-order valence-electron chi connectivity index (χ3n) is 9.44. The Hall–Kier alpha value is -6.32. The predicted octanol–water partition coefficient (Wildman–Crippen LogP) is 12.0. The zero-order chi connectivity index (χ0) is 30.9. The average molecular weight is 599 g/mol. The first-order valence-corrected chi connectivity index (χ1v) is 15.9. The van der Waals surface area contributed by atoms with Gasteiger partial charge < -0.3 is 4.42 Å².